The van der Waals surface area contributed by atoms with Gasteiger partial charge in [-0.25, -0.2) is 0 Å². The predicted molar refractivity (Wildman–Crippen MR) is 64.6 cm³/mol. The average Bonchev–Trinajstić information content (AvgIpc) is 2.77. The van der Waals surface area contributed by atoms with Crippen LogP contribution in [0.5, 0.6) is 0 Å². The Labute approximate surface area is 96.1 Å². The molecule has 0 radical (unpaired) electrons. The van der Waals surface area contributed by atoms with Gasteiger partial charge in [0.2, 0.25) is 0 Å². The molecule has 0 saturated carbocycles. The van der Waals surface area contributed by atoms with Crippen LogP contribution in [-0.4, -0.2) is 14.8 Å². The minimum absolute atomic E-state index is 0.405. The third-order valence-electron chi connectivity index (χ3n) is 3.02. The van der Waals surface area contributed by atoms with Gasteiger partial charge in [0.1, 0.15) is 12.2 Å². The fourth-order valence-corrected chi connectivity index (χ4v) is 1.64. The molecule has 0 bridgehead atoms. The van der Waals surface area contributed by atoms with Crippen LogP contribution in [0.15, 0.2) is 36.7 Å². The van der Waals surface area contributed by atoms with Crippen molar-refractivity contribution in [3.8, 4) is 5.69 Å². The molecular formula is C13H17N3. The molecule has 3 nitrogen and oxygen atoms in total. The summed E-state index contributed by atoms with van der Waals surface area (Å²) in [6, 6.07) is 10.2. The van der Waals surface area contributed by atoms with E-state index < -0.39 is 0 Å². The molecule has 0 spiro atoms. The topological polar surface area (TPSA) is 30.7 Å². The van der Waals surface area contributed by atoms with E-state index in [4.69, 9.17) is 0 Å². The lowest BCUT2D eigenvalue weighted by atomic mass is 9.97. The van der Waals surface area contributed by atoms with Gasteiger partial charge in [0.05, 0.1) is 0 Å². The lowest BCUT2D eigenvalue weighted by molar-refractivity contribution is 0.503. The molecule has 0 amide bonds. The van der Waals surface area contributed by atoms with Gasteiger partial charge in [0.15, 0.2) is 0 Å². The van der Waals surface area contributed by atoms with Crippen LogP contribution in [0.2, 0.25) is 0 Å². The minimum Gasteiger partial charge on any atom is -0.285 e. The molecule has 0 fully saturated rings. The maximum absolute atomic E-state index is 4.23. The highest BCUT2D eigenvalue weighted by atomic mass is 15.3. The van der Waals surface area contributed by atoms with Crippen molar-refractivity contribution in [2.75, 3.05) is 0 Å². The zero-order valence-electron chi connectivity index (χ0n) is 9.96. The average molecular weight is 215 g/mol. The summed E-state index contributed by atoms with van der Waals surface area (Å²) in [5, 5.41) is 8.24. The van der Waals surface area contributed by atoms with Gasteiger partial charge in [-0.2, -0.15) is 0 Å². The van der Waals surface area contributed by atoms with E-state index in [0.29, 0.717) is 11.8 Å². The van der Waals surface area contributed by atoms with Crippen LogP contribution in [0.1, 0.15) is 32.5 Å². The zero-order chi connectivity index (χ0) is 11.5. The van der Waals surface area contributed by atoms with Crippen molar-refractivity contribution in [1.29, 1.82) is 0 Å². The summed E-state index contributed by atoms with van der Waals surface area (Å²) in [5.74, 6) is 2.00. The van der Waals surface area contributed by atoms with E-state index in [1.165, 1.54) is 0 Å². The molecule has 0 saturated heterocycles. The number of hydrogen-bond donors (Lipinski definition) is 0. The molecule has 0 aliphatic rings. The first-order chi connectivity index (χ1) is 7.70. The number of nitrogens with zero attached hydrogens (tertiary/aromatic N) is 3. The third-order valence-corrected chi connectivity index (χ3v) is 3.02. The highest BCUT2D eigenvalue weighted by molar-refractivity contribution is 5.32. The summed E-state index contributed by atoms with van der Waals surface area (Å²) in [4.78, 5) is 0. The number of benzene rings is 1. The second-order valence-electron chi connectivity index (χ2n) is 4.43. The molecule has 1 unspecified atom stereocenters. The maximum Gasteiger partial charge on any atom is 0.140 e. The zero-order valence-corrected chi connectivity index (χ0v) is 9.96. The normalized spacial score (nSPS) is 13.0. The summed E-state index contributed by atoms with van der Waals surface area (Å²) in [7, 11) is 0. The van der Waals surface area contributed by atoms with Gasteiger partial charge in [-0.3, -0.25) is 4.57 Å². The molecule has 2 aromatic rings. The van der Waals surface area contributed by atoms with Crippen LogP contribution in [-0.2, 0) is 0 Å². The third kappa shape index (κ3) is 1.98. The maximum atomic E-state index is 4.23. The van der Waals surface area contributed by atoms with E-state index in [2.05, 4.69) is 47.7 Å². The summed E-state index contributed by atoms with van der Waals surface area (Å²) in [6.07, 6.45) is 1.78. The van der Waals surface area contributed by atoms with Crippen molar-refractivity contribution in [3.63, 3.8) is 0 Å². The van der Waals surface area contributed by atoms with E-state index in [0.717, 1.165) is 11.5 Å². The van der Waals surface area contributed by atoms with Crippen molar-refractivity contribution >= 4 is 0 Å². The summed E-state index contributed by atoms with van der Waals surface area (Å²) in [6.45, 7) is 6.59. The van der Waals surface area contributed by atoms with Crippen molar-refractivity contribution in [2.45, 2.75) is 26.7 Å². The van der Waals surface area contributed by atoms with E-state index >= 15 is 0 Å². The smallest absolute Gasteiger partial charge is 0.140 e. The van der Waals surface area contributed by atoms with E-state index in [1.54, 1.807) is 6.33 Å². The summed E-state index contributed by atoms with van der Waals surface area (Å²) < 4.78 is 2.06. The van der Waals surface area contributed by atoms with Gasteiger partial charge in [-0.1, -0.05) is 39.0 Å². The van der Waals surface area contributed by atoms with Crippen LogP contribution >= 0.6 is 0 Å². The van der Waals surface area contributed by atoms with Gasteiger partial charge in [-0.05, 0) is 18.1 Å². The Hall–Kier alpha value is -1.64. The largest absolute Gasteiger partial charge is 0.285 e. The Kier molecular flexibility index (Phi) is 3.04. The molecule has 1 heterocycles. The highest BCUT2D eigenvalue weighted by Crippen LogP contribution is 2.23. The van der Waals surface area contributed by atoms with Crippen LogP contribution in [0.4, 0.5) is 0 Å². The Balaban J connectivity index is 2.40. The van der Waals surface area contributed by atoms with Crippen LogP contribution in [0.25, 0.3) is 5.69 Å². The quantitative estimate of drug-likeness (QED) is 0.788. The van der Waals surface area contributed by atoms with Gasteiger partial charge >= 0.3 is 0 Å². The highest BCUT2D eigenvalue weighted by Gasteiger charge is 2.16. The SMILES string of the molecule is CC(C)C(C)c1nncn1-c1ccccc1. The van der Waals surface area contributed by atoms with Crippen molar-refractivity contribution < 1.29 is 0 Å². The number of aromatic nitrogens is 3. The van der Waals surface area contributed by atoms with E-state index in [1.807, 2.05) is 18.2 Å². The van der Waals surface area contributed by atoms with Gasteiger partial charge in [0, 0.05) is 11.6 Å². The lowest BCUT2D eigenvalue weighted by Crippen LogP contribution is -2.09. The van der Waals surface area contributed by atoms with Crippen molar-refractivity contribution in [2.24, 2.45) is 5.92 Å². The molecule has 1 atom stereocenters. The molecule has 2 rings (SSSR count). The predicted octanol–water partition coefficient (Wildman–Crippen LogP) is 3.03. The van der Waals surface area contributed by atoms with Crippen molar-refractivity contribution in [1.82, 2.24) is 14.8 Å². The van der Waals surface area contributed by atoms with Crippen LogP contribution in [0, 0.1) is 5.92 Å². The first-order valence-electron chi connectivity index (χ1n) is 5.65. The molecule has 84 valence electrons. The lowest BCUT2D eigenvalue weighted by Gasteiger charge is -2.15. The minimum atomic E-state index is 0.405. The standard InChI is InChI=1S/C13H17N3/c1-10(2)11(3)13-15-14-9-16(13)12-7-5-4-6-8-12/h4-11H,1-3H3. The molecule has 1 aromatic heterocycles. The fraction of sp³-hybridized carbons (Fsp3) is 0.385. The Morgan fingerprint density at radius 2 is 1.75 bits per heavy atom. The molecule has 16 heavy (non-hydrogen) atoms. The number of rotatable bonds is 3. The molecule has 3 heteroatoms. The molecule has 0 aliphatic heterocycles. The molecule has 0 aliphatic carbocycles. The number of hydrogen-bond acceptors (Lipinski definition) is 2. The van der Waals surface area contributed by atoms with Gasteiger partial charge in [0.25, 0.3) is 0 Å². The number of para-hydroxylation sites is 1. The first kappa shape index (κ1) is 10.9. The molecular weight excluding hydrogens is 198 g/mol. The van der Waals surface area contributed by atoms with E-state index in [-0.39, 0.29) is 0 Å². The van der Waals surface area contributed by atoms with Gasteiger partial charge in [-0.15, -0.1) is 10.2 Å². The fourth-order valence-electron chi connectivity index (χ4n) is 1.64. The van der Waals surface area contributed by atoms with Crippen LogP contribution in [0.3, 0.4) is 0 Å². The summed E-state index contributed by atoms with van der Waals surface area (Å²) >= 11 is 0. The Morgan fingerprint density at radius 1 is 1.06 bits per heavy atom. The second kappa shape index (κ2) is 4.47. The molecule has 1 aromatic carbocycles. The Morgan fingerprint density at radius 3 is 2.38 bits per heavy atom. The van der Waals surface area contributed by atoms with E-state index in [9.17, 15) is 0 Å². The molecule has 0 N–H and O–H groups in total. The van der Waals surface area contributed by atoms with Gasteiger partial charge < -0.3 is 0 Å². The monoisotopic (exact) mass is 215 g/mol. The van der Waals surface area contributed by atoms with Crippen molar-refractivity contribution in [3.05, 3.63) is 42.5 Å². The first-order valence-corrected chi connectivity index (χ1v) is 5.65. The Bertz CT molecular complexity index is 445. The second-order valence-corrected chi connectivity index (χ2v) is 4.43. The summed E-state index contributed by atoms with van der Waals surface area (Å²) in [5.41, 5.74) is 1.12. The van der Waals surface area contributed by atoms with Crippen LogP contribution < -0.4 is 0 Å².